The van der Waals surface area contributed by atoms with Crippen molar-refractivity contribution in [3.63, 3.8) is 0 Å². The average molecular weight is 299 g/mol. The van der Waals surface area contributed by atoms with Crippen molar-refractivity contribution < 1.29 is 13.6 Å². The lowest BCUT2D eigenvalue weighted by Gasteiger charge is -1.98. The Balaban J connectivity index is 1.66. The van der Waals surface area contributed by atoms with Gasteiger partial charge in [-0.2, -0.15) is 0 Å². The third kappa shape index (κ3) is 3.29. The highest BCUT2D eigenvalue weighted by atomic mass is 19.1. The molecule has 7 nitrogen and oxygen atoms in total. The molecule has 0 aliphatic rings. The van der Waals surface area contributed by atoms with Gasteiger partial charge in [-0.15, -0.1) is 5.10 Å². The number of halogens is 1. The van der Waals surface area contributed by atoms with Crippen LogP contribution in [0.3, 0.4) is 0 Å². The number of benzene rings is 1. The van der Waals surface area contributed by atoms with E-state index in [2.05, 4.69) is 25.5 Å². The number of nitrogens with one attached hydrogen (secondary N) is 1. The molecule has 1 N–H and O–H groups in total. The molecule has 0 fully saturated rings. The Morgan fingerprint density at radius 1 is 1.18 bits per heavy atom. The Kier molecular flexibility index (Phi) is 3.82. The molecule has 0 aliphatic heterocycles. The Morgan fingerprint density at radius 2 is 2.00 bits per heavy atom. The van der Waals surface area contributed by atoms with Crippen molar-refractivity contribution in [2.24, 2.45) is 0 Å². The highest BCUT2D eigenvalue weighted by Gasteiger charge is 2.13. The monoisotopic (exact) mass is 299 g/mol. The molecule has 0 aliphatic carbocycles. The lowest BCUT2D eigenvalue weighted by atomic mass is 10.1. The topological polar surface area (TPSA) is 93.8 Å². The normalized spacial score (nSPS) is 10.4. The van der Waals surface area contributed by atoms with Crippen LogP contribution in [-0.2, 0) is 6.42 Å². The number of carbonyl (C=O) groups excluding carboxylic acids is 1. The number of anilines is 1. The Hall–Kier alpha value is -3.16. The first-order valence-electron chi connectivity index (χ1n) is 6.35. The number of nitrogens with zero attached hydrogens (tertiary/aromatic N) is 4. The molecule has 0 unspecified atom stereocenters. The van der Waals surface area contributed by atoms with Gasteiger partial charge in [0.25, 0.3) is 5.91 Å². The van der Waals surface area contributed by atoms with E-state index in [0.717, 1.165) is 5.56 Å². The first kappa shape index (κ1) is 13.8. The number of hydrogen-bond donors (Lipinski definition) is 1. The van der Waals surface area contributed by atoms with Crippen molar-refractivity contribution in [3.05, 3.63) is 65.8 Å². The van der Waals surface area contributed by atoms with Crippen LogP contribution in [0, 0.1) is 5.82 Å². The summed E-state index contributed by atoms with van der Waals surface area (Å²) in [5, 5.41) is 9.98. The summed E-state index contributed by atoms with van der Waals surface area (Å²) in [5.41, 5.74) is 0.956. The smallest absolute Gasteiger partial charge is 0.322 e. The van der Waals surface area contributed by atoms with E-state index in [1.807, 2.05) is 0 Å². The molecular formula is C14H10FN5O2. The summed E-state index contributed by atoms with van der Waals surface area (Å²) in [6.07, 6.45) is 4.53. The summed E-state index contributed by atoms with van der Waals surface area (Å²) in [6, 6.07) is 5.91. The predicted octanol–water partition coefficient (Wildman–Crippen LogP) is 1.84. The van der Waals surface area contributed by atoms with Gasteiger partial charge in [-0.1, -0.05) is 17.2 Å². The van der Waals surface area contributed by atoms with Crippen LogP contribution in [0.4, 0.5) is 10.4 Å². The molecule has 0 bridgehead atoms. The minimum Gasteiger partial charge on any atom is -0.407 e. The van der Waals surface area contributed by atoms with Crippen LogP contribution in [0.25, 0.3) is 0 Å². The number of amides is 1. The van der Waals surface area contributed by atoms with E-state index in [9.17, 15) is 9.18 Å². The standard InChI is InChI=1S/C14H10FN5O2/c15-10-3-1-9(2-4-10)7-12-19-20-14(22-12)18-13(21)11-8-16-5-6-17-11/h1-6,8H,7H2,(H,18,20,21). The van der Waals surface area contributed by atoms with E-state index >= 15 is 0 Å². The van der Waals surface area contributed by atoms with Gasteiger partial charge in [-0.3, -0.25) is 15.1 Å². The van der Waals surface area contributed by atoms with Gasteiger partial charge in [0.1, 0.15) is 11.5 Å². The van der Waals surface area contributed by atoms with Gasteiger partial charge in [0.05, 0.1) is 12.6 Å². The van der Waals surface area contributed by atoms with Gasteiger partial charge in [-0.05, 0) is 17.7 Å². The van der Waals surface area contributed by atoms with Gasteiger partial charge in [0.15, 0.2) is 0 Å². The summed E-state index contributed by atoms with van der Waals surface area (Å²) >= 11 is 0. The van der Waals surface area contributed by atoms with Crippen LogP contribution >= 0.6 is 0 Å². The zero-order chi connectivity index (χ0) is 15.4. The molecule has 3 aromatic rings. The summed E-state index contributed by atoms with van der Waals surface area (Å²) < 4.78 is 18.1. The van der Waals surface area contributed by atoms with Crippen molar-refractivity contribution in [1.82, 2.24) is 20.2 Å². The van der Waals surface area contributed by atoms with Crippen LogP contribution < -0.4 is 5.32 Å². The number of aromatic nitrogens is 4. The minimum absolute atomic E-state index is 0.0345. The fourth-order valence-corrected chi connectivity index (χ4v) is 1.73. The van der Waals surface area contributed by atoms with Crippen LogP contribution in [-0.4, -0.2) is 26.1 Å². The van der Waals surface area contributed by atoms with Crippen LogP contribution in [0.15, 0.2) is 47.3 Å². The fraction of sp³-hybridized carbons (Fsp3) is 0.0714. The third-order valence-corrected chi connectivity index (χ3v) is 2.75. The molecule has 0 radical (unpaired) electrons. The Morgan fingerprint density at radius 3 is 2.73 bits per heavy atom. The molecule has 2 aromatic heterocycles. The Labute approximate surface area is 124 Å². The molecule has 0 atom stereocenters. The maximum atomic E-state index is 12.8. The molecule has 0 saturated heterocycles. The van der Waals surface area contributed by atoms with Gasteiger partial charge >= 0.3 is 6.01 Å². The lowest BCUT2D eigenvalue weighted by Crippen LogP contribution is -2.13. The number of carbonyl (C=O) groups is 1. The summed E-state index contributed by atoms with van der Waals surface area (Å²) in [5.74, 6) is -0.502. The number of rotatable bonds is 4. The highest BCUT2D eigenvalue weighted by Crippen LogP contribution is 2.12. The molecule has 110 valence electrons. The maximum absolute atomic E-state index is 12.8. The summed E-state index contributed by atoms with van der Waals surface area (Å²) in [4.78, 5) is 19.5. The van der Waals surface area contributed by atoms with Gasteiger partial charge in [0.2, 0.25) is 5.89 Å². The van der Waals surface area contributed by atoms with Crippen molar-refractivity contribution in [2.45, 2.75) is 6.42 Å². The lowest BCUT2D eigenvalue weighted by molar-refractivity contribution is 0.101. The van der Waals surface area contributed by atoms with Gasteiger partial charge in [-0.25, -0.2) is 9.37 Å². The zero-order valence-electron chi connectivity index (χ0n) is 11.2. The molecule has 2 heterocycles. The first-order chi connectivity index (χ1) is 10.7. The molecular weight excluding hydrogens is 289 g/mol. The molecule has 0 saturated carbocycles. The average Bonchev–Trinajstić information content (AvgIpc) is 2.97. The quantitative estimate of drug-likeness (QED) is 0.790. The van der Waals surface area contributed by atoms with E-state index in [1.165, 1.54) is 30.7 Å². The van der Waals surface area contributed by atoms with Crippen molar-refractivity contribution in [1.29, 1.82) is 0 Å². The number of hydrogen-bond acceptors (Lipinski definition) is 6. The minimum atomic E-state index is -0.495. The second-order valence-electron chi connectivity index (χ2n) is 4.35. The zero-order valence-corrected chi connectivity index (χ0v) is 11.2. The molecule has 1 amide bonds. The van der Waals surface area contributed by atoms with E-state index < -0.39 is 5.91 Å². The second kappa shape index (κ2) is 6.08. The molecule has 22 heavy (non-hydrogen) atoms. The van der Waals surface area contributed by atoms with Crippen molar-refractivity contribution >= 4 is 11.9 Å². The van der Waals surface area contributed by atoms with Crippen LogP contribution in [0.2, 0.25) is 0 Å². The molecule has 0 spiro atoms. The van der Waals surface area contributed by atoms with Crippen LogP contribution in [0.5, 0.6) is 0 Å². The first-order valence-corrected chi connectivity index (χ1v) is 6.35. The van der Waals surface area contributed by atoms with E-state index in [4.69, 9.17) is 4.42 Å². The third-order valence-electron chi connectivity index (χ3n) is 2.75. The molecule has 8 heteroatoms. The van der Waals surface area contributed by atoms with Gasteiger partial charge < -0.3 is 4.42 Å². The van der Waals surface area contributed by atoms with E-state index in [-0.39, 0.29) is 17.5 Å². The predicted molar refractivity (Wildman–Crippen MR) is 73.5 cm³/mol. The van der Waals surface area contributed by atoms with Crippen molar-refractivity contribution in [3.8, 4) is 0 Å². The fourth-order valence-electron chi connectivity index (χ4n) is 1.73. The highest BCUT2D eigenvalue weighted by molar-refractivity contribution is 6.01. The second-order valence-corrected chi connectivity index (χ2v) is 4.35. The largest absolute Gasteiger partial charge is 0.407 e. The maximum Gasteiger partial charge on any atom is 0.322 e. The van der Waals surface area contributed by atoms with E-state index in [1.54, 1.807) is 12.1 Å². The van der Waals surface area contributed by atoms with Crippen molar-refractivity contribution in [2.75, 3.05) is 5.32 Å². The molecule has 3 rings (SSSR count). The molecule has 1 aromatic carbocycles. The summed E-state index contributed by atoms with van der Waals surface area (Å²) in [7, 11) is 0. The van der Waals surface area contributed by atoms with E-state index in [0.29, 0.717) is 12.3 Å². The van der Waals surface area contributed by atoms with Gasteiger partial charge in [0, 0.05) is 12.4 Å². The van der Waals surface area contributed by atoms with Crippen LogP contribution in [0.1, 0.15) is 21.9 Å². The SMILES string of the molecule is O=C(Nc1nnc(Cc2ccc(F)cc2)o1)c1cnccn1. The Bertz CT molecular complexity index is 773. The summed E-state index contributed by atoms with van der Waals surface area (Å²) in [6.45, 7) is 0.